The van der Waals surface area contributed by atoms with Gasteiger partial charge in [-0.15, -0.1) is 0 Å². The Morgan fingerprint density at radius 1 is 1.17 bits per heavy atom. The van der Waals surface area contributed by atoms with Crippen molar-refractivity contribution in [2.45, 2.75) is 44.9 Å². The van der Waals surface area contributed by atoms with Crippen molar-refractivity contribution in [2.75, 3.05) is 18.5 Å². The molecule has 0 aliphatic carbocycles. The van der Waals surface area contributed by atoms with Gasteiger partial charge in [-0.3, -0.25) is 4.79 Å². The molecule has 6 heteroatoms. The normalized spacial score (nSPS) is 17.6. The zero-order chi connectivity index (χ0) is 21.0. The molecule has 1 heterocycles. The van der Waals surface area contributed by atoms with Crippen LogP contribution in [0.15, 0.2) is 54.6 Å². The van der Waals surface area contributed by atoms with E-state index in [4.69, 9.17) is 4.74 Å². The topological polar surface area (TPSA) is 70.7 Å². The number of fused-ring (bicyclic) bond motifs is 1. The second-order valence-electron chi connectivity index (χ2n) is 8.35. The van der Waals surface area contributed by atoms with Gasteiger partial charge in [0.2, 0.25) is 0 Å². The number of rotatable bonds is 4. The smallest absolute Gasteiger partial charge is 0.407 e. The molecule has 6 nitrogen and oxygen atoms in total. The first-order chi connectivity index (χ1) is 13.7. The molecule has 2 atom stereocenters. The third-order valence-electron chi connectivity index (χ3n) is 4.96. The van der Waals surface area contributed by atoms with E-state index in [0.29, 0.717) is 18.5 Å². The monoisotopic (exact) mass is 395 g/mol. The first-order valence-electron chi connectivity index (χ1n) is 9.88. The number of likely N-dealkylation sites (N-methyl/N-ethyl adjacent to an activating group) is 1. The van der Waals surface area contributed by atoms with E-state index in [1.54, 1.807) is 0 Å². The van der Waals surface area contributed by atoms with E-state index in [1.165, 1.54) is 0 Å². The van der Waals surface area contributed by atoms with Gasteiger partial charge in [-0.05, 0) is 44.9 Å². The molecule has 3 rings (SSSR count). The number of carbonyl (C=O) groups is 2. The van der Waals surface area contributed by atoms with Crippen molar-refractivity contribution in [1.82, 2.24) is 10.6 Å². The van der Waals surface area contributed by atoms with Crippen LogP contribution in [0.1, 0.15) is 36.7 Å². The molecule has 2 aromatic rings. The van der Waals surface area contributed by atoms with Crippen LogP contribution in [-0.4, -0.2) is 43.3 Å². The molecule has 154 valence electrons. The molecule has 0 bridgehead atoms. The summed E-state index contributed by atoms with van der Waals surface area (Å²) in [6.07, 6.45) is 0.156. The number of para-hydroxylation sites is 1. The molecule has 1 aliphatic rings. The zero-order valence-electron chi connectivity index (χ0n) is 17.4. The quantitative estimate of drug-likeness (QED) is 0.833. The molecule has 0 saturated heterocycles. The molecule has 2 N–H and O–H groups in total. The number of alkyl carbamates (subject to hydrolysis) is 1. The summed E-state index contributed by atoms with van der Waals surface area (Å²) in [5.74, 6) is -0.106. The van der Waals surface area contributed by atoms with Crippen LogP contribution >= 0.6 is 0 Å². The fourth-order valence-corrected chi connectivity index (χ4v) is 3.60. The number of hydrogen-bond acceptors (Lipinski definition) is 4. The molecule has 0 unspecified atom stereocenters. The summed E-state index contributed by atoms with van der Waals surface area (Å²) in [5, 5.41) is 6.04. The highest BCUT2D eigenvalue weighted by atomic mass is 16.6. The number of anilines is 1. The molecular formula is C23H29N3O3. The van der Waals surface area contributed by atoms with Crippen LogP contribution in [0.2, 0.25) is 0 Å². The van der Waals surface area contributed by atoms with Crippen molar-refractivity contribution >= 4 is 17.7 Å². The van der Waals surface area contributed by atoms with Crippen molar-refractivity contribution in [3.05, 3.63) is 65.7 Å². The Hall–Kier alpha value is -3.02. The highest BCUT2D eigenvalue weighted by Gasteiger charge is 2.33. The average molecular weight is 396 g/mol. The molecule has 2 aromatic carbocycles. The average Bonchev–Trinajstić information content (AvgIpc) is 2.78. The minimum Gasteiger partial charge on any atom is -0.444 e. The molecule has 29 heavy (non-hydrogen) atoms. The highest BCUT2D eigenvalue weighted by molar-refractivity contribution is 6.00. The fourth-order valence-electron chi connectivity index (χ4n) is 3.60. The summed E-state index contributed by atoms with van der Waals surface area (Å²) in [6, 6.07) is 17.1. The van der Waals surface area contributed by atoms with Crippen LogP contribution in [-0.2, 0) is 11.2 Å². The second kappa shape index (κ2) is 8.55. The molecule has 1 aliphatic heterocycles. The Morgan fingerprint density at radius 2 is 1.83 bits per heavy atom. The lowest BCUT2D eigenvalue weighted by molar-refractivity contribution is 0.0496. The lowest BCUT2D eigenvalue weighted by atomic mass is 9.98. The van der Waals surface area contributed by atoms with Crippen molar-refractivity contribution in [1.29, 1.82) is 0 Å². The van der Waals surface area contributed by atoms with Gasteiger partial charge in [0.05, 0.1) is 17.6 Å². The van der Waals surface area contributed by atoms with E-state index in [0.717, 1.165) is 11.3 Å². The number of nitrogens with zero attached hydrogens (tertiary/aromatic N) is 1. The van der Waals surface area contributed by atoms with E-state index < -0.39 is 11.7 Å². The number of ether oxygens (including phenoxy) is 1. The zero-order valence-corrected chi connectivity index (χ0v) is 17.4. The van der Waals surface area contributed by atoms with E-state index >= 15 is 0 Å². The van der Waals surface area contributed by atoms with Gasteiger partial charge in [0, 0.05) is 19.3 Å². The summed E-state index contributed by atoms with van der Waals surface area (Å²) in [6.45, 7) is 5.93. The highest BCUT2D eigenvalue weighted by Crippen LogP contribution is 2.25. The Kier molecular flexibility index (Phi) is 6.11. The van der Waals surface area contributed by atoms with Gasteiger partial charge < -0.3 is 20.3 Å². The number of carbonyl (C=O) groups excluding carboxylic acids is 2. The van der Waals surface area contributed by atoms with Gasteiger partial charge in [-0.25, -0.2) is 4.79 Å². The van der Waals surface area contributed by atoms with Gasteiger partial charge in [0.15, 0.2) is 0 Å². The second-order valence-corrected chi connectivity index (χ2v) is 8.35. The predicted octanol–water partition coefficient (Wildman–Crippen LogP) is 3.37. The Bertz CT molecular complexity index is 861. The summed E-state index contributed by atoms with van der Waals surface area (Å²) in [7, 11) is 1.96. The first kappa shape index (κ1) is 20.7. The van der Waals surface area contributed by atoms with Crippen molar-refractivity contribution < 1.29 is 14.3 Å². The van der Waals surface area contributed by atoms with E-state index in [-0.39, 0.29) is 18.0 Å². The molecule has 0 spiro atoms. The van der Waals surface area contributed by atoms with Gasteiger partial charge in [-0.1, -0.05) is 42.5 Å². The third kappa shape index (κ3) is 5.28. The Labute approximate surface area is 172 Å². The van der Waals surface area contributed by atoms with Gasteiger partial charge in [-0.2, -0.15) is 0 Å². The van der Waals surface area contributed by atoms with Crippen molar-refractivity contribution in [3.63, 3.8) is 0 Å². The Morgan fingerprint density at radius 3 is 2.52 bits per heavy atom. The van der Waals surface area contributed by atoms with Crippen LogP contribution in [0.3, 0.4) is 0 Å². The molecular weight excluding hydrogens is 366 g/mol. The summed E-state index contributed by atoms with van der Waals surface area (Å²) in [5.41, 5.74) is 1.99. The number of benzene rings is 2. The third-order valence-corrected chi connectivity index (χ3v) is 4.96. The first-order valence-corrected chi connectivity index (χ1v) is 9.88. The lowest BCUT2D eigenvalue weighted by Gasteiger charge is -2.36. The van der Waals surface area contributed by atoms with Crippen molar-refractivity contribution in [2.24, 2.45) is 0 Å². The number of amides is 2. The summed E-state index contributed by atoms with van der Waals surface area (Å²) < 4.78 is 5.50. The van der Waals surface area contributed by atoms with Crippen LogP contribution in [0, 0.1) is 0 Å². The number of hydrogen-bond donors (Lipinski definition) is 2. The maximum absolute atomic E-state index is 12.6. The standard InChI is InChI=1S/C23H29N3O3/c1-23(2,3)29-22(28)25-18(14-16-10-6-5-7-11-16)20-15-24-21(27)17-12-8-9-13-19(17)26(20)4/h5-13,18,20H,14-15H2,1-4H3,(H,24,27)(H,25,28)/t18-,20+/m0/s1. The Balaban J connectivity index is 1.90. The van der Waals surface area contributed by atoms with Crippen molar-refractivity contribution in [3.8, 4) is 0 Å². The van der Waals surface area contributed by atoms with E-state index in [1.807, 2.05) is 82.4 Å². The minimum atomic E-state index is -0.586. The number of nitrogens with one attached hydrogen (secondary N) is 2. The van der Waals surface area contributed by atoms with Crippen LogP contribution < -0.4 is 15.5 Å². The van der Waals surface area contributed by atoms with Gasteiger partial charge in [0.25, 0.3) is 5.91 Å². The largest absolute Gasteiger partial charge is 0.444 e. The summed E-state index contributed by atoms with van der Waals surface area (Å²) >= 11 is 0. The van der Waals surface area contributed by atoms with E-state index in [2.05, 4.69) is 15.5 Å². The minimum absolute atomic E-state index is 0.106. The molecule has 0 aromatic heterocycles. The van der Waals surface area contributed by atoms with Crippen LogP contribution in [0.4, 0.5) is 10.5 Å². The maximum atomic E-state index is 12.6. The van der Waals surface area contributed by atoms with E-state index in [9.17, 15) is 9.59 Å². The SMILES string of the molecule is CN1c2ccccc2C(=O)NC[C@@H]1[C@H](Cc1ccccc1)NC(=O)OC(C)(C)C. The molecule has 0 saturated carbocycles. The summed E-state index contributed by atoms with van der Waals surface area (Å²) in [4.78, 5) is 27.2. The maximum Gasteiger partial charge on any atom is 0.407 e. The van der Waals surface area contributed by atoms with Crippen LogP contribution in [0.5, 0.6) is 0 Å². The molecule has 0 radical (unpaired) electrons. The predicted molar refractivity (Wildman–Crippen MR) is 114 cm³/mol. The molecule has 0 fully saturated rings. The lowest BCUT2D eigenvalue weighted by Crippen LogP contribution is -2.56. The van der Waals surface area contributed by atoms with Crippen LogP contribution in [0.25, 0.3) is 0 Å². The van der Waals surface area contributed by atoms with Gasteiger partial charge in [0.1, 0.15) is 5.60 Å². The van der Waals surface area contributed by atoms with Gasteiger partial charge >= 0.3 is 6.09 Å². The molecule has 2 amide bonds. The fraction of sp³-hybridized carbons (Fsp3) is 0.391.